The summed E-state index contributed by atoms with van der Waals surface area (Å²) in [6.07, 6.45) is 2.31. The molecule has 1 fully saturated rings. The molecule has 0 saturated carbocycles. The summed E-state index contributed by atoms with van der Waals surface area (Å²) in [5, 5.41) is 8.83. The Balaban J connectivity index is 2.00. The number of piperidine rings is 1. The van der Waals surface area contributed by atoms with E-state index in [-0.39, 0.29) is 0 Å². The van der Waals surface area contributed by atoms with Gasteiger partial charge >= 0.3 is 0 Å². The normalized spacial score (nSPS) is 21.6. The Morgan fingerprint density at radius 2 is 2.38 bits per heavy atom. The zero-order chi connectivity index (χ0) is 11.4. The highest BCUT2D eigenvalue weighted by molar-refractivity contribution is 5.32. The molecule has 16 heavy (non-hydrogen) atoms. The average molecular weight is 215 g/mol. The standard InChI is InChI=1S/C13H17N3/c14-8-11-3-1-4-12(7-11)9-16-6-2-5-13(15)10-16/h1,3-4,7,13H,2,5-6,9-10,15H2. The first kappa shape index (κ1) is 11.1. The summed E-state index contributed by atoms with van der Waals surface area (Å²) in [5.74, 6) is 0. The lowest BCUT2D eigenvalue weighted by Crippen LogP contribution is -2.42. The predicted molar refractivity (Wildman–Crippen MR) is 63.6 cm³/mol. The third-order valence-corrected chi connectivity index (χ3v) is 3.00. The Bertz CT molecular complexity index is 394. The second-order valence-electron chi connectivity index (χ2n) is 4.45. The molecule has 84 valence electrons. The molecule has 0 amide bonds. The largest absolute Gasteiger partial charge is 0.327 e. The van der Waals surface area contributed by atoms with Crippen molar-refractivity contribution in [3.63, 3.8) is 0 Å². The van der Waals surface area contributed by atoms with Crippen LogP contribution >= 0.6 is 0 Å². The van der Waals surface area contributed by atoms with Gasteiger partial charge in [0.2, 0.25) is 0 Å². The fourth-order valence-electron chi connectivity index (χ4n) is 2.23. The Kier molecular flexibility index (Phi) is 3.55. The Hall–Kier alpha value is -1.37. The van der Waals surface area contributed by atoms with Crippen LogP contribution in [0.25, 0.3) is 0 Å². The van der Waals surface area contributed by atoms with E-state index in [9.17, 15) is 0 Å². The van der Waals surface area contributed by atoms with Crippen LogP contribution in [0.4, 0.5) is 0 Å². The minimum atomic E-state index is 0.313. The molecule has 0 spiro atoms. The molecule has 2 N–H and O–H groups in total. The van der Waals surface area contributed by atoms with Gasteiger partial charge in [0.1, 0.15) is 0 Å². The van der Waals surface area contributed by atoms with Gasteiger partial charge in [0.25, 0.3) is 0 Å². The fourth-order valence-corrected chi connectivity index (χ4v) is 2.23. The third-order valence-electron chi connectivity index (χ3n) is 3.00. The summed E-state index contributed by atoms with van der Waals surface area (Å²) < 4.78 is 0. The van der Waals surface area contributed by atoms with Crippen molar-refractivity contribution in [3.05, 3.63) is 35.4 Å². The van der Waals surface area contributed by atoms with Crippen LogP contribution < -0.4 is 5.73 Å². The molecule has 0 aliphatic carbocycles. The molecule has 1 aromatic carbocycles. The van der Waals surface area contributed by atoms with Gasteiger partial charge in [-0.1, -0.05) is 12.1 Å². The van der Waals surface area contributed by atoms with E-state index in [0.717, 1.165) is 31.6 Å². The van der Waals surface area contributed by atoms with Gasteiger partial charge in [0.15, 0.2) is 0 Å². The number of nitrogens with zero attached hydrogens (tertiary/aromatic N) is 2. The van der Waals surface area contributed by atoms with Crippen LogP contribution in [-0.2, 0) is 6.54 Å². The Morgan fingerprint density at radius 1 is 1.50 bits per heavy atom. The van der Waals surface area contributed by atoms with Crippen LogP contribution in [0.1, 0.15) is 24.0 Å². The van der Waals surface area contributed by atoms with Gasteiger partial charge < -0.3 is 5.73 Å². The van der Waals surface area contributed by atoms with Crippen molar-refractivity contribution in [1.29, 1.82) is 5.26 Å². The molecule has 2 rings (SSSR count). The number of nitriles is 1. The molecule has 1 aliphatic rings. The van der Waals surface area contributed by atoms with Gasteiger partial charge in [0, 0.05) is 19.1 Å². The monoisotopic (exact) mass is 215 g/mol. The van der Waals surface area contributed by atoms with E-state index in [0.29, 0.717) is 6.04 Å². The molecule has 0 bridgehead atoms. The predicted octanol–water partition coefficient (Wildman–Crippen LogP) is 1.48. The third kappa shape index (κ3) is 2.82. The first-order valence-electron chi connectivity index (χ1n) is 5.75. The van der Waals surface area contributed by atoms with Gasteiger partial charge in [-0.05, 0) is 37.1 Å². The average Bonchev–Trinajstić information content (AvgIpc) is 2.29. The van der Waals surface area contributed by atoms with Crippen molar-refractivity contribution in [2.75, 3.05) is 13.1 Å². The molecule has 0 radical (unpaired) electrons. The lowest BCUT2D eigenvalue weighted by molar-refractivity contribution is 0.201. The van der Waals surface area contributed by atoms with E-state index < -0.39 is 0 Å². The first-order chi connectivity index (χ1) is 7.78. The van der Waals surface area contributed by atoms with Crippen LogP contribution in [0.5, 0.6) is 0 Å². The molecular formula is C13H17N3. The summed E-state index contributed by atoms with van der Waals surface area (Å²) in [7, 11) is 0. The molecule has 0 aromatic heterocycles. The molecule has 1 aromatic rings. The quantitative estimate of drug-likeness (QED) is 0.813. The summed E-state index contributed by atoms with van der Waals surface area (Å²) in [4.78, 5) is 2.37. The zero-order valence-corrected chi connectivity index (χ0v) is 9.39. The summed E-state index contributed by atoms with van der Waals surface area (Å²) >= 11 is 0. The van der Waals surface area contributed by atoms with E-state index in [4.69, 9.17) is 11.0 Å². The van der Waals surface area contributed by atoms with Gasteiger partial charge in [-0.25, -0.2) is 0 Å². The van der Waals surface area contributed by atoms with Crippen molar-refractivity contribution in [2.45, 2.75) is 25.4 Å². The second kappa shape index (κ2) is 5.11. The number of rotatable bonds is 2. The molecule has 1 saturated heterocycles. The summed E-state index contributed by atoms with van der Waals surface area (Å²) in [5.41, 5.74) is 7.88. The van der Waals surface area contributed by atoms with Crippen LogP contribution in [0, 0.1) is 11.3 Å². The molecule has 1 atom stereocenters. The highest BCUT2D eigenvalue weighted by Gasteiger charge is 2.16. The maximum atomic E-state index is 8.83. The van der Waals surface area contributed by atoms with Gasteiger partial charge in [-0.2, -0.15) is 5.26 Å². The lowest BCUT2D eigenvalue weighted by atomic mass is 10.1. The van der Waals surface area contributed by atoms with E-state index in [1.165, 1.54) is 12.0 Å². The maximum absolute atomic E-state index is 8.83. The molecule has 3 nitrogen and oxygen atoms in total. The number of likely N-dealkylation sites (tertiary alicyclic amines) is 1. The summed E-state index contributed by atoms with van der Waals surface area (Å²) in [6.45, 7) is 2.99. The number of benzene rings is 1. The van der Waals surface area contributed by atoms with Crippen molar-refractivity contribution in [2.24, 2.45) is 5.73 Å². The first-order valence-corrected chi connectivity index (χ1v) is 5.75. The van der Waals surface area contributed by atoms with Crippen molar-refractivity contribution >= 4 is 0 Å². The molecule has 1 aliphatic heterocycles. The van der Waals surface area contributed by atoms with E-state index >= 15 is 0 Å². The van der Waals surface area contributed by atoms with E-state index in [2.05, 4.69) is 17.0 Å². The highest BCUT2D eigenvalue weighted by atomic mass is 15.1. The minimum absolute atomic E-state index is 0.313. The smallest absolute Gasteiger partial charge is 0.0991 e. The highest BCUT2D eigenvalue weighted by Crippen LogP contribution is 2.13. The maximum Gasteiger partial charge on any atom is 0.0991 e. The lowest BCUT2D eigenvalue weighted by Gasteiger charge is -2.30. The van der Waals surface area contributed by atoms with Gasteiger partial charge in [-0.15, -0.1) is 0 Å². The van der Waals surface area contributed by atoms with E-state index in [1.807, 2.05) is 18.2 Å². The Morgan fingerprint density at radius 3 is 3.12 bits per heavy atom. The molecule has 1 heterocycles. The molecule has 3 heteroatoms. The Labute approximate surface area is 96.5 Å². The number of nitrogens with two attached hydrogens (primary N) is 1. The van der Waals surface area contributed by atoms with Gasteiger partial charge in [0.05, 0.1) is 11.6 Å². The minimum Gasteiger partial charge on any atom is -0.327 e. The van der Waals surface area contributed by atoms with Crippen molar-refractivity contribution in [1.82, 2.24) is 4.90 Å². The van der Waals surface area contributed by atoms with Crippen LogP contribution in [0.2, 0.25) is 0 Å². The number of hydrogen-bond acceptors (Lipinski definition) is 3. The van der Waals surface area contributed by atoms with Crippen LogP contribution in [0.3, 0.4) is 0 Å². The van der Waals surface area contributed by atoms with Crippen molar-refractivity contribution < 1.29 is 0 Å². The van der Waals surface area contributed by atoms with Crippen LogP contribution in [-0.4, -0.2) is 24.0 Å². The SMILES string of the molecule is N#Cc1cccc(CN2CCCC(N)C2)c1. The summed E-state index contributed by atoms with van der Waals surface area (Å²) in [6, 6.07) is 10.3. The second-order valence-corrected chi connectivity index (χ2v) is 4.45. The number of hydrogen-bond donors (Lipinski definition) is 1. The zero-order valence-electron chi connectivity index (χ0n) is 9.39. The molecular weight excluding hydrogens is 198 g/mol. The van der Waals surface area contributed by atoms with Crippen molar-refractivity contribution in [3.8, 4) is 6.07 Å². The molecule has 1 unspecified atom stereocenters. The van der Waals surface area contributed by atoms with Crippen LogP contribution in [0.15, 0.2) is 24.3 Å². The fraction of sp³-hybridized carbons (Fsp3) is 0.462. The topological polar surface area (TPSA) is 53.0 Å². The van der Waals surface area contributed by atoms with Gasteiger partial charge in [-0.3, -0.25) is 4.90 Å². The van der Waals surface area contributed by atoms with E-state index in [1.54, 1.807) is 0 Å².